The number of phenolic OH excluding ortho intramolecular Hbond substituents is 1. The van der Waals surface area contributed by atoms with Gasteiger partial charge in [0.25, 0.3) is 5.91 Å². The van der Waals surface area contributed by atoms with Gasteiger partial charge in [-0.3, -0.25) is 9.59 Å². The molecule has 1 heterocycles. The first-order chi connectivity index (χ1) is 19.1. The number of benzene rings is 2. The van der Waals surface area contributed by atoms with Crippen LogP contribution in [-0.2, 0) is 10.2 Å². The Balaban J connectivity index is 0.00000216. The maximum atomic E-state index is 13.6. The van der Waals surface area contributed by atoms with Crippen LogP contribution in [0.2, 0.25) is 5.02 Å². The van der Waals surface area contributed by atoms with Gasteiger partial charge in [-0.25, -0.2) is 18.2 Å². The van der Waals surface area contributed by atoms with Crippen molar-refractivity contribution in [3.8, 4) is 5.75 Å². The summed E-state index contributed by atoms with van der Waals surface area (Å²) in [7, 11) is 0. The van der Waals surface area contributed by atoms with Crippen molar-refractivity contribution in [3.05, 3.63) is 58.1 Å². The molecule has 0 bridgehead atoms. The topological polar surface area (TPSA) is 115 Å². The zero-order valence-corrected chi connectivity index (χ0v) is 23.4. The van der Waals surface area contributed by atoms with Gasteiger partial charge >= 0.3 is 0 Å². The third kappa shape index (κ3) is 7.80. The van der Waals surface area contributed by atoms with E-state index in [0.717, 1.165) is 0 Å². The van der Waals surface area contributed by atoms with E-state index in [1.54, 1.807) is 18.2 Å². The molecule has 1 saturated carbocycles. The molecule has 1 aliphatic heterocycles. The van der Waals surface area contributed by atoms with Crippen LogP contribution in [0.15, 0.2) is 41.4 Å². The number of carbonyl (C=O) groups excluding carboxylic acids is 2. The van der Waals surface area contributed by atoms with Crippen molar-refractivity contribution in [2.45, 2.75) is 64.1 Å². The molecule has 2 unspecified atom stereocenters. The van der Waals surface area contributed by atoms with Crippen molar-refractivity contribution < 1.29 is 27.9 Å². The molecule has 12 heteroatoms. The van der Waals surface area contributed by atoms with E-state index in [4.69, 9.17) is 11.6 Å². The second-order valence-electron chi connectivity index (χ2n) is 9.50. The van der Waals surface area contributed by atoms with Crippen LogP contribution >= 0.6 is 11.6 Å². The Labute approximate surface area is 236 Å². The van der Waals surface area contributed by atoms with Crippen LogP contribution in [0.3, 0.4) is 0 Å². The van der Waals surface area contributed by atoms with E-state index in [9.17, 15) is 27.9 Å². The average Bonchev–Trinajstić information content (AvgIpc) is 3.75. The molecule has 8 nitrogen and oxygen atoms in total. The Bertz CT molecular complexity index is 1240. The quantitative estimate of drug-likeness (QED) is 0.283. The molecule has 0 saturated heterocycles. The summed E-state index contributed by atoms with van der Waals surface area (Å²) in [5.41, 5.74) is 0.337. The van der Waals surface area contributed by atoms with Crippen LogP contribution in [0.5, 0.6) is 5.75 Å². The van der Waals surface area contributed by atoms with Crippen LogP contribution in [0.1, 0.15) is 67.6 Å². The molecule has 2 aliphatic rings. The lowest BCUT2D eigenvalue weighted by Crippen LogP contribution is -2.41. The van der Waals surface area contributed by atoms with Gasteiger partial charge in [0.1, 0.15) is 11.9 Å². The maximum Gasteiger partial charge on any atom is 0.251 e. The number of aromatic hydroxyl groups is 1. The molecule has 218 valence electrons. The molecule has 2 atom stereocenters. The molecule has 4 rings (SSSR count). The summed E-state index contributed by atoms with van der Waals surface area (Å²) >= 11 is 6.22. The second kappa shape index (κ2) is 13.7. The lowest BCUT2D eigenvalue weighted by molar-refractivity contribution is -0.120. The van der Waals surface area contributed by atoms with E-state index < -0.39 is 35.9 Å². The number of carbonyl (C=O) groups is 2. The summed E-state index contributed by atoms with van der Waals surface area (Å²) < 4.78 is 40.5. The molecule has 0 aromatic heterocycles. The van der Waals surface area contributed by atoms with Crippen LogP contribution < -0.4 is 21.3 Å². The van der Waals surface area contributed by atoms with Gasteiger partial charge in [0.2, 0.25) is 12.3 Å². The van der Waals surface area contributed by atoms with E-state index in [2.05, 4.69) is 26.3 Å². The molecule has 1 fully saturated rings. The zero-order valence-electron chi connectivity index (χ0n) is 22.7. The first kappa shape index (κ1) is 31.1. The summed E-state index contributed by atoms with van der Waals surface area (Å²) in [6.07, 6.45) is -2.34. The van der Waals surface area contributed by atoms with Gasteiger partial charge < -0.3 is 26.4 Å². The Hall–Kier alpha value is -3.47. The maximum absolute atomic E-state index is 13.6. The molecular weight excluding hydrogens is 547 g/mol. The van der Waals surface area contributed by atoms with Gasteiger partial charge in [0, 0.05) is 22.3 Å². The molecular formula is C28H35ClF3N5O3. The summed E-state index contributed by atoms with van der Waals surface area (Å²) in [5.74, 6) is -0.968. The van der Waals surface area contributed by atoms with Crippen LogP contribution in [0.25, 0.3) is 0 Å². The molecule has 0 radical (unpaired) electrons. The molecule has 2 aromatic carbocycles. The first-order valence-electron chi connectivity index (χ1n) is 13.3. The third-order valence-corrected chi connectivity index (χ3v) is 6.86. The van der Waals surface area contributed by atoms with Crippen molar-refractivity contribution in [1.29, 1.82) is 0 Å². The van der Waals surface area contributed by atoms with Crippen molar-refractivity contribution in [2.24, 2.45) is 4.99 Å². The van der Waals surface area contributed by atoms with Gasteiger partial charge in [0.05, 0.1) is 31.1 Å². The van der Waals surface area contributed by atoms with Gasteiger partial charge in [-0.15, -0.1) is 0 Å². The van der Waals surface area contributed by atoms with Crippen molar-refractivity contribution >= 4 is 35.1 Å². The van der Waals surface area contributed by atoms with Crippen LogP contribution in [-0.4, -0.2) is 55.1 Å². The Morgan fingerprint density at radius 2 is 1.90 bits per heavy atom. The summed E-state index contributed by atoms with van der Waals surface area (Å²) in [6.45, 7) is 5.58. The number of hydrogen-bond acceptors (Lipinski definition) is 6. The fourth-order valence-corrected chi connectivity index (χ4v) is 4.59. The number of amides is 2. The highest BCUT2D eigenvalue weighted by atomic mass is 35.5. The largest absolute Gasteiger partial charge is 0.508 e. The summed E-state index contributed by atoms with van der Waals surface area (Å²) in [4.78, 5) is 29.3. The first-order valence-corrected chi connectivity index (χ1v) is 13.7. The number of aliphatic imine (C=N–C) groups is 1. The predicted molar refractivity (Wildman–Crippen MR) is 150 cm³/mol. The number of alkyl halides is 3. The van der Waals surface area contributed by atoms with E-state index in [1.165, 1.54) is 18.2 Å². The lowest BCUT2D eigenvalue weighted by atomic mass is 9.92. The molecule has 2 amide bonds. The number of halogens is 4. The molecule has 1 aliphatic carbocycles. The normalized spacial score (nSPS) is 17.9. The lowest BCUT2D eigenvalue weighted by Gasteiger charge is -2.21. The Kier molecular flexibility index (Phi) is 10.7. The van der Waals surface area contributed by atoms with Gasteiger partial charge in [-0.2, -0.15) is 0 Å². The number of rotatable bonds is 9. The number of phenols is 1. The minimum absolute atomic E-state index is 0.00104. The summed E-state index contributed by atoms with van der Waals surface area (Å²) in [6, 6.07) is 8.43. The molecule has 0 spiro atoms. The Morgan fingerprint density at radius 3 is 2.50 bits per heavy atom. The van der Waals surface area contributed by atoms with E-state index in [1.807, 2.05) is 20.8 Å². The predicted octanol–water partition coefficient (Wildman–Crippen LogP) is 5.08. The Morgan fingerprint density at radius 1 is 1.18 bits per heavy atom. The number of guanidine groups is 1. The highest BCUT2D eigenvalue weighted by molar-refractivity contribution is 6.30. The highest BCUT2D eigenvalue weighted by Gasteiger charge is 2.52. The van der Waals surface area contributed by atoms with Gasteiger partial charge in [-0.05, 0) is 54.7 Å². The van der Waals surface area contributed by atoms with Crippen molar-refractivity contribution in [1.82, 2.24) is 16.0 Å². The van der Waals surface area contributed by atoms with E-state index >= 15 is 0 Å². The molecule has 40 heavy (non-hydrogen) atoms. The van der Waals surface area contributed by atoms with Crippen LogP contribution in [0.4, 0.5) is 18.9 Å². The SMILES string of the molecule is CC.CCC(NC(=O)CNC(=O)c1cc(O)cc(NC2=NCC(F)CN2)c1)c1cc(Cl)cc(C2(C(F)F)CC2)c1. The smallest absolute Gasteiger partial charge is 0.251 e. The number of hydrogen-bond donors (Lipinski definition) is 5. The fraction of sp³-hybridized carbons (Fsp3) is 0.464. The van der Waals surface area contributed by atoms with Gasteiger partial charge in [-0.1, -0.05) is 38.4 Å². The number of anilines is 1. The second-order valence-corrected chi connectivity index (χ2v) is 9.94. The van der Waals surface area contributed by atoms with Gasteiger partial charge in [0.15, 0.2) is 5.96 Å². The third-order valence-electron chi connectivity index (χ3n) is 6.64. The number of nitrogens with zero attached hydrogens (tertiary/aromatic N) is 1. The van der Waals surface area contributed by atoms with E-state index in [0.29, 0.717) is 47.1 Å². The standard InChI is InChI=1S/C26H29ClF3N5O3.C2H6/c1-2-21(14-5-16(9-17(27)6-14)26(3-4-26)24(29)30)35-22(37)13-31-23(38)15-7-19(10-20(36)8-15)34-25-32-11-18(28)12-33-25;1-2/h5-10,18,21,24,36H,2-4,11-13H2,1H3,(H,31,38)(H,35,37)(H2,32,33,34);1-2H3. The van der Waals surface area contributed by atoms with E-state index in [-0.39, 0.29) is 30.9 Å². The number of nitrogens with one attached hydrogen (secondary N) is 4. The molecule has 2 aromatic rings. The molecule has 5 N–H and O–H groups in total. The van der Waals surface area contributed by atoms with Crippen molar-refractivity contribution in [2.75, 3.05) is 25.0 Å². The minimum atomic E-state index is -2.50. The monoisotopic (exact) mass is 581 g/mol. The van der Waals surface area contributed by atoms with Crippen molar-refractivity contribution in [3.63, 3.8) is 0 Å². The fourth-order valence-electron chi connectivity index (χ4n) is 4.35. The minimum Gasteiger partial charge on any atom is -0.508 e. The zero-order chi connectivity index (χ0) is 29.4. The highest BCUT2D eigenvalue weighted by Crippen LogP contribution is 2.53. The average molecular weight is 582 g/mol. The summed E-state index contributed by atoms with van der Waals surface area (Å²) in [5, 5.41) is 21.3. The van der Waals surface area contributed by atoms with Crippen LogP contribution in [0, 0.1) is 0 Å².